The summed E-state index contributed by atoms with van der Waals surface area (Å²) >= 11 is 1.57. The Morgan fingerprint density at radius 3 is 2.87 bits per heavy atom. The number of thiophene rings is 1. The molecular formula is C11H17NO2S. The lowest BCUT2D eigenvalue weighted by atomic mass is 10.1. The van der Waals surface area contributed by atoms with E-state index in [0.717, 1.165) is 4.88 Å². The highest BCUT2D eigenvalue weighted by Crippen LogP contribution is 2.11. The van der Waals surface area contributed by atoms with Crippen molar-refractivity contribution in [3.05, 3.63) is 22.4 Å². The Labute approximate surface area is 94.2 Å². The summed E-state index contributed by atoms with van der Waals surface area (Å²) in [5, 5.41) is 1.96. The smallest absolute Gasteiger partial charge is 0.323 e. The Hall–Kier alpha value is -0.870. The number of hydrogen-bond acceptors (Lipinski definition) is 4. The van der Waals surface area contributed by atoms with Crippen molar-refractivity contribution < 1.29 is 9.53 Å². The highest BCUT2D eigenvalue weighted by atomic mass is 32.1. The first-order valence-corrected chi connectivity index (χ1v) is 5.92. The fourth-order valence-corrected chi connectivity index (χ4v) is 1.86. The quantitative estimate of drug-likeness (QED) is 0.784. The molecule has 0 saturated heterocycles. The molecule has 0 aliphatic rings. The molecule has 84 valence electrons. The Kier molecular flexibility index (Phi) is 4.78. The molecule has 1 aromatic heterocycles. The predicted molar refractivity (Wildman–Crippen MR) is 61.5 cm³/mol. The van der Waals surface area contributed by atoms with Crippen LogP contribution in [-0.2, 0) is 16.1 Å². The van der Waals surface area contributed by atoms with Gasteiger partial charge in [0.05, 0.1) is 0 Å². The van der Waals surface area contributed by atoms with Crippen molar-refractivity contribution in [1.82, 2.24) is 0 Å². The minimum Gasteiger partial charge on any atom is -0.459 e. The fourth-order valence-electron chi connectivity index (χ4n) is 1.25. The van der Waals surface area contributed by atoms with Gasteiger partial charge in [0.15, 0.2) is 0 Å². The van der Waals surface area contributed by atoms with Crippen LogP contribution in [-0.4, -0.2) is 12.0 Å². The number of rotatable bonds is 5. The van der Waals surface area contributed by atoms with Crippen LogP contribution >= 0.6 is 11.3 Å². The Balaban J connectivity index is 2.29. The van der Waals surface area contributed by atoms with Gasteiger partial charge < -0.3 is 10.5 Å². The van der Waals surface area contributed by atoms with Crippen molar-refractivity contribution in [3.8, 4) is 0 Å². The monoisotopic (exact) mass is 227 g/mol. The zero-order chi connectivity index (χ0) is 11.3. The largest absolute Gasteiger partial charge is 0.459 e. The molecular weight excluding hydrogens is 210 g/mol. The van der Waals surface area contributed by atoms with Crippen LogP contribution < -0.4 is 5.73 Å². The average Bonchev–Trinajstić information content (AvgIpc) is 2.65. The van der Waals surface area contributed by atoms with Gasteiger partial charge in [0, 0.05) is 4.88 Å². The zero-order valence-corrected chi connectivity index (χ0v) is 9.92. The first kappa shape index (κ1) is 12.2. The van der Waals surface area contributed by atoms with Crippen LogP contribution in [0.5, 0.6) is 0 Å². The van der Waals surface area contributed by atoms with E-state index in [1.807, 2.05) is 31.4 Å². The van der Waals surface area contributed by atoms with Gasteiger partial charge >= 0.3 is 5.97 Å². The summed E-state index contributed by atoms with van der Waals surface area (Å²) in [4.78, 5) is 12.5. The zero-order valence-electron chi connectivity index (χ0n) is 9.10. The van der Waals surface area contributed by atoms with Crippen LogP contribution in [0.4, 0.5) is 0 Å². The first-order valence-electron chi connectivity index (χ1n) is 5.04. The van der Waals surface area contributed by atoms with E-state index in [-0.39, 0.29) is 5.97 Å². The Morgan fingerprint density at radius 2 is 2.33 bits per heavy atom. The lowest BCUT2D eigenvalue weighted by Crippen LogP contribution is -2.33. The number of hydrogen-bond donors (Lipinski definition) is 1. The van der Waals surface area contributed by atoms with E-state index in [4.69, 9.17) is 10.5 Å². The average molecular weight is 227 g/mol. The highest BCUT2D eigenvalue weighted by Gasteiger charge is 2.16. The number of carbonyl (C=O) groups is 1. The van der Waals surface area contributed by atoms with Gasteiger partial charge in [0.1, 0.15) is 12.6 Å². The molecule has 0 amide bonds. The second kappa shape index (κ2) is 5.88. The second-order valence-electron chi connectivity index (χ2n) is 3.92. The lowest BCUT2D eigenvalue weighted by molar-refractivity contribution is -0.146. The van der Waals surface area contributed by atoms with Crippen molar-refractivity contribution in [2.75, 3.05) is 0 Å². The van der Waals surface area contributed by atoms with Crippen LogP contribution in [0.25, 0.3) is 0 Å². The maximum absolute atomic E-state index is 11.4. The van der Waals surface area contributed by atoms with E-state index in [1.165, 1.54) is 0 Å². The molecule has 0 aliphatic heterocycles. The van der Waals surface area contributed by atoms with Crippen LogP contribution in [0.15, 0.2) is 17.5 Å². The maximum atomic E-state index is 11.4. The molecule has 0 radical (unpaired) electrons. The van der Waals surface area contributed by atoms with Crippen molar-refractivity contribution in [3.63, 3.8) is 0 Å². The summed E-state index contributed by atoms with van der Waals surface area (Å²) in [7, 11) is 0. The molecule has 1 unspecified atom stereocenters. The van der Waals surface area contributed by atoms with Crippen LogP contribution in [0.1, 0.15) is 25.1 Å². The predicted octanol–water partition coefficient (Wildman–Crippen LogP) is 2.16. The molecule has 0 aromatic carbocycles. The minimum absolute atomic E-state index is 0.308. The van der Waals surface area contributed by atoms with Crippen molar-refractivity contribution >= 4 is 17.3 Å². The molecule has 1 rings (SSSR count). The number of ether oxygens (including phenoxy) is 1. The van der Waals surface area contributed by atoms with Gasteiger partial charge in [0.2, 0.25) is 0 Å². The lowest BCUT2D eigenvalue weighted by Gasteiger charge is -2.12. The molecule has 0 spiro atoms. The highest BCUT2D eigenvalue weighted by molar-refractivity contribution is 7.09. The SMILES string of the molecule is CC(C)CC(N)C(=O)OCc1cccs1. The minimum atomic E-state index is -0.495. The van der Waals surface area contributed by atoms with Gasteiger partial charge in [-0.15, -0.1) is 11.3 Å². The molecule has 4 heteroatoms. The number of esters is 1. The molecule has 0 aliphatic carbocycles. The van der Waals surface area contributed by atoms with E-state index >= 15 is 0 Å². The first-order chi connectivity index (χ1) is 7.09. The third-order valence-electron chi connectivity index (χ3n) is 1.96. The van der Waals surface area contributed by atoms with Gasteiger partial charge in [-0.25, -0.2) is 0 Å². The molecule has 1 heterocycles. The standard InChI is InChI=1S/C11H17NO2S/c1-8(2)6-10(12)11(13)14-7-9-4-3-5-15-9/h3-5,8,10H,6-7,12H2,1-2H3. The number of carbonyl (C=O) groups excluding carboxylic acids is 1. The normalized spacial score (nSPS) is 12.8. The van der Waals surface area contributed by atoms with E-state index in [9.17, 15) is 4.79 Å². The van der Waals surface area contributed by atoms with E-state index in [1.54, 1.807) is 11.3 Å². The third-order valence-corrected chi connectivity index (χ3v) is 2.81. The second-order valence-corrected chi connectivity index (χ2v) is 4.96. The van der Waals surface area contributed by atoms with Gasteiger partial charge in [-0.1, -0.05) is 19.9 Å². The van der Waals surface area contributed by atoms with Gasteiger partial charge in [-0.3, -0.25) is 4.79 Å². The van der Waals surface area contributed by atoms with Crippen molar-refractivity contribution in [1.29, 1.82) is 0 Å². The molecule has 2 N–H and O–H groups in total. The van der Waals surface area contributed by atoms with Crippen LogP contribution in [0.2, 0.25) is 0 Å². The summed E-state index contributed by atoms with van der Waals surface area (Å²) in [5.74, 6) is 0.103. The summed E-state index contributed by atoms with van der Waals surface area (Å²) in [5.41, 5.74) is 5.69. The fraction of sp³-hybridized carbons (Fsp3) is 0.545. The van der Waals surface area contributed by atoms with Gasteiger partial charge in [-0.05, 0) is 23.8 Å². The summed E-state index contributed by atoms with van der Waals surface area (Å²) in [6, 6.07) is 3.37. The molecule has 0 bridgehead atoms. The maximum Gasteiger partial charge on any atom is 0.323 e. The van der Waals surface area contributed by atoms with Crippen LogP contribution in [0.3, 0.4) is 0 Å². The third kappa shape index (κ3) is 4.44. The molecule has 0 saturated carbocycles. The topological polar surface area (TPSA) is 52.3 Å². The van der Waals surface area contributed by atoms with Gasteiger partial charge in [-0.2, -0.15) is 0 Å². The Morgan fingerprint density at radius 1 is 1.60 bits per heavy atom. The number of nitrogens with two attached hydrogens (primary N) is 1. The summed E-state index contributed by atoms with van der Waals surface area (Å²) in [6.07, 6.45) is 0.670. The van der Waals surface area contributed by atoms with E-state index < -0.39 is 6.04 Å². The van der Waals surface area contributed by atoms with Crippen molar-refractivity contribution in [2.45, 2.75) is 32.9 Å². The van der Waals surface area contributed by atoms with Crippen LogP contribution in [0, 0.1) is 5.92 Å². The van der Waals surface area contributed by atoms with Crippen molar-refractivity contribution in [2.24, 2.45) is 11.7 Å². The van der Waals surface area contributed by atoms with E-state index in [2.05, 4.69) is 0 Å². The van der Waals surface area contributed by atoms with Gasteiger partial charge in [0.25, 0.3) is 0 Å². The summed E-state index contributed by atoms with van der Waals surface area (Å²) < 4.78 is 5.10. The Bertz CT molecular complexity index is 296. The summed E-state index contributed by atoms with van der Waals surface area (Å²) in [6.45, 7) is 4.40. The molecule has 1 atom stereocenters. The molecule has 15 heavy (non-hydrogen) atoms. The van der Waals surface area contributed by atoms with E-state index in [0.29, 0.717) is 18.9 Å². The molecule has 3 nitrogen and oxygen atoms in total. The molecule has 0 fully saturated rings. The molecule has 1 aromatic rings.